The van der Waals surface area contributed by atoms with E-state index >= 15 is 0 Å². The summed E-state index contributed by atoms with van der Waals surface area (Å²) in [7, 11) is 0. The summed E-state index contributed by atoms with van der Waals surface area (Å²) >= 11 is 0. The van der Waals surface area contributed by atoms with Crippen LogP contribution in [-0.2, 0) is 9.63 Å². The van der Waals surface area contributed by atoms with Crippen molar-refractivity contribution < 1.29 is 9.63 Å². The molecular weight excluding hydrogens is 350 g/mol. The van der Waals surface area contributed by atoms with Crippen molar-refractivity contribution in [3.63, 3.8) is 0 Å². The number of rotatable bonds is 23. The highest BCUT2D eigenvalue weighted by Crippen LogP contribution is 2.13. The van der Waals surface area contributed by atoms with E-state index in [0.29, 0.717) is 13.1 Å². The minimum Gasteiger partial charge on any atom is -0.369 e. The van der Waals surface area contributed by atoms with Crippen LogP contribution in [0, 0.1) is 0 Å². The van der Waals surface area contributed by atoms with Crippen molar-refractivity contribution in [2.75, 3.05) is 26.2 Å². The summed E-state index contributed by atoms with van der Waals surface area (Å²) in [6, 6.07) is 0. The fraction of sp³-hybridized carbons (Fsp3) is 0.957. The number of carbonyl (C=O) groups is 1. The number of nitrogens with one attached hydrogen (secondary N) is 2. The minimum atomic E-state index is -0.256. The maximum atomic E-state index is 11.4. The Hall–Kier alpha value is -0.650. The number of hydroxylamine groups is 1. The lowest BCUT2D eigenvalue weighted by Crippen LogP contribution is -2.30. The molecule has 0 rings (SSSR count). The van der Waals surface area contributed by atoms with Crippen molar-refractivity contribution in [1.29, 1.82) is 0 Å². The lowest BCUT2D eigenvalue weighted by molar-refractivity contribution is -0.149. The highest BCUT2D eigenvalue weighted by molar-refractivity contribution is 5.71. The number of nitrogens with two attached hydrogens (primary N) is 1. The fourth-order valence-corrected chi connectivity index (χ4v) is 3.33. The highest BCUT2D eigenvalue weighted by atomic mass is 16.7. The molecule has 0 aliphatic carbocycles. The highest BCUT2D eigenvalue weighted by Gasteiger charge is 2.01. The van der Waals surface area contributed by atoms with E-state index in [4.69, 9.17) is 10.6 Å². The van der Waals surface area contributed by atoms with E-state index in [1.54, 1.807) is 0 Å². The van der Waals surface area contributed by atoms with Crippen LogP contribution in [0.4, 0.5) is 0 Å². The smallest absolute Gasteiger partial charge is 0.338 e. The summed E-state index contributed by atoms with van der Waals surface area (Å²) in [6.07, 6.45) is 22.9. The number of hydrogen-bond donors (Lipinski definition) is 3. The predicted octanol–water partition coefficient (Wildman–Crippen LogP) is 5.23. The van der Waals surface area contributed by atoms with E-state index in [-0.39, 0.29) is 12.5 Å². The van der Waals surface area contributed by atoms with E-state index < -0.39 is 0 Å². The summed E-state index contributed by atoms with van der Waals surface area (Å²) in [5, 5.41) is 3.14. The van der Waals surface area contributed by atoms with Gasteiger partial charge in [0.05, 0.1) is 6.54 Å². The van der Waals surface area contributed by atoms with Crippen LogP contribution in [0.15, 0.2) is 0 Å². The van der Waals surface area contributed by atoms with E-state index in [9.17, 15) is 4.79 Å². The molecule has 28 heavy (non-hydrogen) atoms. The number of hydrogen-bond acceptors (Lipinski definition) is 5. The van der Waals surface area contributed by atoms with Gasteiger partial charge >= 0.3 is 5.97 Å². The molecule has 0 spiro atoms. The van der Waals surface area contributed by atoms with Crippen LogP contribution in [-0.4, -0.2) is 32.1 Å². The van der Waals surface area contributed by atoms with Crippen molar-refractivity contribution in [1.82, 2.24) is 10.8 Å². The molecule has 0 fully saturated rings. The zero-order valence-corrected chi connectivity index (χ0v) is 18.7. The van der Waals surface area contributed by atoms with Gasteiger partial charge in [-0.3, -0.25) is 0 Å². The second kappa shape index (κ2) is 24.4. The topological polar surface area (TPSA) is 76.4 Å². The van der Waals surface area contributed by atoms with Crippen LogP contribution >= 0.6 is 0 Å². The van der Waals surface area contributed by atoms with Gasteiger partial charge in [0.1, 0.15) is 0 Å². The Morgan fingerprint density at radius 1 is 0.679 bits per heavy atom. The molecule has 0 heterocycles. The molecule has 5 heteroatoms. The molecule has 0 aromatic carbocycles. The Morgan fingerprint density at radius 3 is 1.61 bits per heavy atom. The molecule has 0 aromatic rings. The van der Waals surface area contributed by atoms with Crippen molar-refractivity contribution in [2.24, 2.45) is 5.73 Å². The Balaban J connectivity index is 3.07. The van der Waals surface area contributed by atoms with Crippen LogP contribution < -0.4 is 16.5 Å². The van der Waals surface area contributed by atoms with Gasteiger partial charge in [0, 0.05) is 6.54 Å². The molecule has 0 aromatic heterocycles. The standard InChI is InChI=1S/C23H49N3O2/c1-2-3-4-5-6-7-8-9-10-11-12-13-14-15-16-17-20-25-22-23(27)28-26-21-18-19-24/h25-26H,2-22,24H2,1H3. The first kappa shape index (κ1) is 27.4. The molecule has 0 saturated carbocycles. The quantitative estimate of drug-likeness (QED) is 0.162. The molecule has 168 valence electrons. The summed E-state index contributed by atoms with van der Waals surface area (Å²) in [6.45, 7) is 4.65. The lowest BCUT2D eigenvalue weighted by atomic mass is 10.0. The molecule has 0 unspecified atom stereocenters. The van der Waals surface area contributed by atoms with Crippen molar-refractivity contribution in [3.05, 3.63) is 0 Å². The molecule has 5 nitrogen and oxygen atoms in total. The van der Waals surface area contributed by atoms with Crippen LogP contribution in [0.3, 0.4) is 0 Å². The van der Waals surface area contributed by atoms with Gasteiger partial charge in [-0.25, -0.2) is 4.79 Å². The van der Waals surface area contributed by atoms with Gasteiger partial charge in [-0.15, -0.1) is 0 Å². The predicted molar refractivity (Wildman–Crippen MR) is 120 cm³/mol. The fourth-order valence-electron chi connectivity index (χ4n) is 3.33. The molecule has 0 aliphatic rings. The first-order chi connectivity index (χ1) is 13.8. The van der Waals surface area contributed by atoms with Gasteiger partial charge < -0.3 is 15.9 Å². The molecular formula is C23H49N3O2. The molecule has 0 bridgehead atoms. The van der Waals surface area contributed by atoms with E-state index in [2.05, 4.69) is 17.7 Å². The van der Waals surface area contributed by atoms with Crippen LogP contribution in [0.2, 0.25) is 0 Å². The molecule has 4 N–H and O–H groups in total. The summed E-state index contributed by atoms with van der Waals surface area (Å²) < 4.78 is 0. The third kappa shape index (κ3) is 23.4. The zero-order valence-electron chi connectivity index (χ0n) is 18.7. The summed E-state index contributed by atoms with van der Waals surface area (Å²) in [5.41, 5.74) is 7.99. The minimum absolute atomic E-state index is 0.256. The van der Waals surface area contributed by atoms with Gasteiger partial charge in [0.2, 0.25) is 0 Å². The van der Waals surface area contributed by atoms with E-state index in [1.807, 2.05) is 0 Å². The van der Waals surface area contributed by atoms with E-state index in [0.717, 1.165) is 19.4 Å². The number of carbonyl (C=O) groups excluding carboxylic acids is 1. The average Bonchev–Trinajstić information content (AvgIpc) is 2.70. The first-order valence-electron chi connectivity index (χ1n) is 12.1. The van der Waals surface area contributed by atoms with Crippen LogP contribution in [0.5, 0.6) is 0 Å². The van der Waals surface area contributed by atoms with Gasteiger partial charge in [0.15, 0.2) is 0 Å². The third-order valence-corrected chi connectivity index (χ3v) is 5.15. The molecule has 0 atom stereocenters. The molecule has 0 saturated heterocycles. The Morgan fingerprint density at radius 2 is 1.14 bits per heavy atom. The third-order valence-electron chi connectivity index (χ3n) is 5.15. The van der Waals surface area contributed by atoms with Crippen LogP contribution in [0.1, 0.15) is 116 Å². The molecule has 0 radical (unpaired) electrons. The van der Waals surface area contributed by atoms with Crippen molar-refractivity contribution in [2.45, 2.75) is 116 Å². The second-order valence-corrected chi connectivity index (χ2v) is 7.99. The first-order valence-corrected chi connectivity index (χ1v) is 12.1. The zero-order chi connectivity index (χ0) is 20.5. The monoisotopic (exact) mass is 399 g/mol. The van der Waals surface area contributed by atoms with Gasteiger partial charge in [-0.2, -0.15) is 5.48 Å². The largest absolute Gasteiger partial charge is 0.369 e. The SMILES string of the molecule is CCCCCCCCCCCCCCCCCCNCC(=O)ONCCCN. The van der Waals surface area contributed by atoms with E-state index in [1.165, 1.54) is 96.3 Å². The van der Waals surface area contributed by atoms with Crippen molar-refractivity contribution in [3.8, 4) is 0 Å². The number of unbranched alkanes of at least 4 members (excludes halogenated alkanes) is 15. The summed E-state index contributed by atoms with van der Waals surface area (Å²) in [4.78, 5) is 16.3. The maximum absolute atomic E-state index is 11.4. The average molecular weight is 400 g/mol. The normalized spacial score (nSPS) is 11.1. The van der Waals surface area contributed by atoms with Gasteiger partial charge in [-0.1, -0.05) is 103 Å². The summed E-state index contributed by atoms with van der Waals surface area (Å²) in [5.74, 6) is -0.256. The van der Waals surface area contributed by atoms with Gasteiger partial charge in [0.25, 0.3) is 0 Å². The second-order valence-electron chi connectivity index (χ2n) is 7.99. The maximum Gasteiger partial charge on any atom is 0.338 e. The van der Waals surface area contributed by atoms with Gasteiger partial charge in [-0.05, 0) is 25.9 Å². The lowest BCUT2D eigenvalue weighted by Gasteiger charge is -2.06. The molecule has 0 amide bonds. The Labute approximate surface area is 174 Å². The van der Waals surface area contributed by atoms with Crippen molar-refractivity contribution >= 4 is 5.97 Å². The Bertz CT molecular complexity index is 314. The van der Waals surface area contributed by atoms with Crippen LogP contribution in [0.25, 0.3) is 0 Å². The Kier molecular flexibility index (Phi) is 23.8. The molecule has 0 aliphatic heterocycles.